The number of aryl methyl sites for hydroxylation is 1. The minimum absolute atomic E-state index is 0.0813. The van der Waals surface area contributed by atoms with Gasteiger partial charge in [0.2, 0.25) is 11.8 Å². The van der Waals surface area contributed by atoms with E-state index in [4.69, 9.17) is 14.5 Å². The second-order valence-corrected chi connectivity index (χ2v) is 9.11. The van der Waals surface area contributed by atoms with E-state index >= 15 is 0 Å². The van der Waals surface area contributed by atoms with Crippen LogP contribution in [0.5, 0.6) is 5.88 Å². The highest BCUT2D eigenvalue weighted by molar-refractivity contribution is 5.85. The van der Waals surface area contributed by atoms with Gasteiger partial charge in [0.1, 0.15) is 17.4 Å². The van der Waals surface area contributed by atoms with Crippen LogP contribution in [0.1, 0.15) is 25.7 Å². The average molecular weight is 477 g/mol. The van der Waals surface area contributed by atoms with Gasteiger partial charge in [-0.1, -0.05) is 0 Å². The Morgan fingerprint density at radius 2 is 1.97 bits per heavy atom. The van der Waals surface area contributed by atoms with Gasteiger partial charge >= 0.3 is 5.69 Å². The third-order valence-corrected chi connectivity index (χ3v) is 6.80. The van der Waals surface area contributed by atoms with E-state index in [0.717, 1.165) is 55.5 Å². The number of aromatic amines is 1. The standard InChI is InChI=1S/C24H28N8O3/c1-31-21-19(28-24(31)33)14-26-23(30-21)27-15-4-6-16(7-5-15)35-22-17-3-2-8-25-18(17)13-20(29-22)32-9-11-34-12-10-32/h2-3,8,13-16H,4-7,9-12H2,1H3,(H,28,33)(H,26,27,30). The first-order chi connectivity index (χ1) is 17.1. The molecule has 4 aromatic rings. The first kappa shape index (κ1) is 21.8. The number of anilines is 2. The summed E-state index contributed by atoms with van der Waals surface area (Å²) in [4.78, 5) is 35.1. The molecule has 1 saturated carbocycles. The Balaban J connectivity index is 1.14. The van der Waals surface area contributed by atoms with Crippen LogP contribution in [0.3, 0.4) is 0 Å². The predicted octanol–water partition coefficient (Wildman–Crippen LogP) is 2.24. The van der Waals surface area contributed by atoms with Crippen molar-refractivity contribution in [1.29, 1.82) is 0 Å². The number of morpholine rings is 1. The predicted molar refractivity (Wildman–Crippen MR) is 132 cm³/mol. The zero-order chi connectivity index (χ0) is 23.8. The fraction of sp³-hybridized carbons (Fsp3) is 0.458. The quantitative estimate of drug-likeness (QED) is 0.446. The zero-order valence-corrected chi connectivity index (χ0v) is 19.6. The molecule has 6 rings (SSSR count). The largest absolute Gasteiger partial charge is 0.474 e. The molecule has 1 aliphatic heterocycles. The van der Waals surface area contributed by atoms with E-state index in [1.807, 2.05) is 18.2 Å². The van der Waals surface area contributed by atoms with Crippen molar-refractivity contribution < 1.29 is 9.47 Å². The number of nitrogens with zero attached hydrogens (tertiary/aromatic N) is 6. The Kier molecular flexibility index (Phi) is 5.69. The summed E-state index contributed by atoms with van der Waals surface area (Å²) in [5.74, 6) is 2.07. The highest BCUT2D eigenvalue weighted by Gasteiger charge is 2.25. The normalized spacial score (nSPS) is 20.9. The Hall–Kier alpha value is -3.73. The number of hydrogen-bond donors (Lipinski definition) is 2. The lowest BCUT2D eigenvalue weighted by atomic mass is 9.93. The first-order valence-electron chi connectivity index (χ1n) is 12.1. The SMILES string of the molecule is Cn1c(=O)[nH]c2cnc(NC3CCC(Oc4nc(N5CCOCC5)cc5ncccc45)CC3)nc21. The molecule has 1 aliphatic carbocycles. The molecule has 0 unspecified atom stereocenters. The summed E-state index contributed by atoms with van der Waals surface area (Å²) in [6.45, 7) is 3.02. The maximum atomic E-state index is 11.8. The van der Waals surface area contributed by atoms with Crippen LogP contribution in [-0.4, -0.2) is 67.9 Å². The number of rotatable bonds is 5. The van der Waals surface area contributed by atoms with Crippen LogP contribution in [-0.2, 0) is 11.8 Å². The van der Waals surface area contributed by atoms with E-state index in [-0.39, 0.29) is 17.8 Å². The highest BCUT2D eigenvalue weighted by Crippen LogP contribution is 2.31. The van der Waals surface area contributed by atoms with E-state index in [1.54, 1.807) is 19.4 Å². The van der Waals surface area contributed by atoms with Gasteiger partial charge in [0.05, 0.1) is 30.3 Å². The molecule has 0 aromatic carbocycles. The van der Waals surface area contributed by atoms with E-state index < -0.39 is 0 Å². The third kappa shape index (κ3) is 4.39. The average Bonchev–Trinajstić information content (AvgIpc) is 3.18. The number of hydrogen-bond acceptors (Lipinski definition) is 9. The lowest BCUT2D eigenvalue weighted by molar-refractivity contribution is 0.122. The summed E-state index contributed by atoms with van der Waals surface area (Å²) >= 11 is 0. The lowest BCUT2D eigenvalue weighted by Crippen LogP contribution is -2.37. The fourth-order valence-electron chi connectivity index (χ4n) is 4.82. The summed E-state index contributed by atoms with van der Waals surface area (Å²) in [7, 11) is 1.70. The Labute approximate surface area is 201 Å². The highest BCUT2D eigenvalue weighted by atomic mass is 16.5. The molecule has 0 amide bonds. The lowest BCUT2D eigenvalue weighted by Gasteiger charge is -2.31. The van der Waals surface area contributed by atoms with Crippen molar-refractivity contribution >= 4 is 33.8 Å². The minimum Gasteiger partial charge on any atom is -0.474 e. The van der Waals surface area contributed by atoms with Gasteiger partial charge in [0.15, 0.2) is 5.65 Å². The van der Waals surface area contributed by atoms with Crippen molar-refractivity contribution in [2.75, 3.05) is 36.5 Å². The fourth-order valence-corrected chi connectivity index (χ4v) is 4.82. The molecule has 0 spiro atoms. The summed E-state index contributed by atoms with van der Waals surface area (Å²) < 4.78 is 13.4. The van der Waals surface area contributed by atoms with Crippen molar-refractivity contribution in [3.63, 3.8) is 0 Å². The second kappa shape index (κ2) is 9.14. The van der Waals surface area contributed by atoms with E-state index in [2.05, 4.69) is 30.2 Å². The topological polar surface area (TPSA) is 123 Å². The van der Waals surface area contributed by atoms with Gasteiger partial charge in [0, 0.05) is 38.4 Å². The van der Waals surface area contributed by atoms with Gasteiger partial charge in [-0.15, -0.1) is 0 Å². The van der Waals surface area contributed by atoms with E-state index in [0.29, 0.717) is 36.2 Å². The van der Waals surface area contributed by atoms with E-state index in [1.165, 1.54) is 4.57 Å². The van der Waals surface area contributed by atoms with Crippen molar-refractivity contribution in [2.45, 2.75) is 37.8 Å². The summed E-state index contributed by atoms with van der Waals surface area (Å²) in [6, 6.07) is 6.21. The number of fused-ring (bicyclic) bond motifs is 2. The van der Waals surface area contributed by atoms with Gasteiger partial charge in [-0.2, -0.15) is 9.97 Å². The Morgan fingerprint density at radius 3 is 2.80 bits per heavy atom. The van der Waals surface area contributed by atoms with Crippen molar-refractivity contribution in [3.05, 3.63) is 41.1 Å². The van der Waals surface area contributed by atoms with Gasteiger partial charge in [0.25, 0.3) is 0 Å². The molecule has 1 saturated heterocycles. The maximum absolute atomic E-state index is 11.8. The van der Waals surface area contributed by atoms with Crippen molar-refractivity contribution in [2.24, 2.45) is 7.05 Å². The molecular weight excluding hydrogens is 448 g/mol. The number of ether oxygens (including phenoxy) is 2. The molecular formula is C24H28N8O3. The maximum Gasteiger partial charge on any atom is 0.327 e. The smallest absolute Gasteiger partial charge is 0.327 e. The van der Waals surface area contributed by atoms with Gasteiger partial charge in [-0.3, -0.25) is 9.55 Å². The van der Waals surface area contributed by atoms with Gasteiger partial charge in [-0.05, 0) is 37.8 Å². The first-order valence-corrected chi connectivity index (χ1v) is 12.1. The van der Waals surface area contributed by atoms with Crippen LogP contribution in [0.15, 0.2) is 35.4 Å². The molecule has 11 heteroatoms. The molecule has 2 aliphatic rings. The van der Waals surface area contributed by atoms with Crippen LogP contribution in [0.4, 0.5) is 11.8 Å². The molecule has 182 valence electrons. The minimum atomic E-state index is -0.196. The van der Waals surface area contributed by atoms with E-state index in [9.17, 15) is 4.79 Å². The summed E-state index contributed by atoms with van der Waals surface area (Å²) in [5.41, 5.74) is 1.92. The molecule has 4 aromatic heterocycles. The summed E-state index contributed by atoms with van der Waals surface area (Å²) in [5, 5.41) is 4.36. The molecule has 0 atom stereocenters. The Bertz CT molecular complexity index is 1400. The van der Waals surface area contributed by atoms with Crippen LogP contribution < -0.4 is 20.6 Å². The van der Waals surface area contributed by atoms with Crippen molar-refractivity contribution in [1.82, 2.24) is 29.5 Å². The number of nitrogens with one attached hydrogen (secondary N) is 2. The molecule has 2 N–H and O–H groups in total. The van der Waals surface area contributed by atoms with Crippen LogP contribution in [0.25, 0.3) is 22.1 Å². The third-order valence-electron chi connectivity index (χ3n) is 6.80. The summed E-state index contributed by atoms with van der Waals surface area (Å²) in [6.07, 6.45) is 7.18. The number of aromatic nitrogens is 6. The number of pyridine rings is 2. The monoisotopic (exact) mass is 476 g/mol. The molecule has 0 bridgehead atoms. The van der Waals surface area contributed by atoms with Crippen molar-refractivity contribution in [3.8, 4) is 5.88 Å². The van der Waals surface area contributed by atoms with Gasteiger partial charge in [-0.25, -0.2) is 9.78 Å². The Morgan fingerprint density at radius 1 is 1.14 bits per heavy atom. The number of H-pyrrole nitrogens is 1. The molecule has 5 heterocycles. The van der Waals surface area contributed by atoms with Crippen LogP contribution >= 0.6 is 0 Å². The van der Waals surface area contributed by atoms with Crippen LogP contribution in [0, 0.1) is 0 Å². The zero-order valence-electron chi connectivity index (χ0n) is 19.6. The molecule has 35 heavy (non-hydrogen) atoms. The van der Waals surface area contributed by atoms with Gasteiger partial charge < -0.3 is 24.7 Å². The number of imidazole rings is 1. The molecule has 11 nitrogen and oxygen atoms in total. The molecule has 0 radical (unpaired) electrons. The molecule has 2 fully saturated rings. The second-order valence-electron chi connectivity index (χ2n) is 9.11. The van der Waals surface area contributed by atoms with Crippen LogP contribution in [0.2, 0.25) is 0 Å².